The van der Waals surface area contributed by atoms with Crippen LogP contribution in [0.3, 0.4) is 0 Å². The fraction of sp³-hybridized carbons (Fsp3) is 0.469. The molecule has 3 heterocycles. The van der Waals surface area contributed by atoms with E-state index >= 15 is 0 Å². The van der Waals surface area contributed by atoms with Crippen LogP contribution < -0.4 is 16.4 Å². The lowest BCUT2D eigenvalue weighted by atomic mass is 9.96. The minimum atomic E-state index is -0.941. The number of carbonyl (C=O) groups is 3. The van der Waals surface area contributed by atoms with Gasteiger partial charge < -0.3 is 25.8 Å². The van der Waals surface area contributed by atoms with Crippen molar-refractivity contribution in [1.82, 2.24) is 30.4 Å². The summed E-state index contributed by atoms with van der Waals surface area (Å²) in [5, 5.41) is 11.3. The SMILES string of the molecule is CC(C)C(NC(=O)OC(C)(C)C)C(=O)OCn1cc(-c2nc(C(=O)N/C(C=NC3CCCCC3)=C(/N)c3nc(F)ccc3F)cs2)cn1. The third kappa shape index (κ3) is 10.1. The third-order valence-corrected chi connectivity index (χ3v) is 8.03. The molecule has 3 aromatic heterocycles. The highest BCUT2D eigenvalue weighted by Crippen LogP contribution is 2.24. The molecule has 0 spiro atoms. The van der Waals surface area contributed by atoms with Crippen LogP contribution in [0.2, 0.25) is 0 Å². The van der Waals surface area contributed by atoms with E-state index in [2.05, 4.69) is 30.7 Å². The summed E-state index contributed by atoms with van der Waals surface area (Å²) in [6.45, 7) is 8.44. The molecule has 16 heteroatoms. The van der Waals surface area contributed by atoms with Gasteiger partial charge in [0.25, 0.3) is 5.91 Å². The second-order valence-electron chi connectivity index (χ2n) is 12.6. The average Bonchev–Trinajstić information content (AvgIpc) is 3.71. The molecule has 4 rings (SSSR count). The minimum Gasteiger partial charge on any atom is -0.444 e. The molecule has 1 saturated carbocycles. The van der Waals surface area contributed by atoms with Crippen molar-refractivity contribution in [2.24, 2.45) is 16.6 Å². The van der Waals surface area contributed by atoms with Gasteiger partial charge in [-0.25, -0.2) is 28.6 Å². The van der Waals surface area contributed by atoms with Crippen LogP contribution >= 0.6 is 11.3 Å². The molecule has 1 unspecified atom stereocenters. The quantitative estimate of drug-likeness (QED) is 0.139. The number of thiazole rings is 1. The van der Waals surface area contributed by atoms with Crippen LogP contribution in [0.5, 0.6) is 0 Å². The van der Waals surface area contributed by atoms with Crippen LogP contribution in [-0.2, 0) is 21.0 Å². The Bertz CT molecular complexity index is 1670. The Labute approximate surface area is 281 Å². The number of pyridine rings is 1. The van der Waals surface area contributed by atoms with Gasteiger partial charge in [0.1, 0.15) is 28.0 Å². The van der Waals surface area contributed by atoms with Gasteiger partial charge in [-0.3, -0.25) is 9.79 Å². The van der Waals surface area contributed by atoms with Gasteiger partial charge in [-0.2, -0.15) is 9.49 Å². The summed E-state index contributed by atoms with van der Waals surface area (Å²) in [7, 11) is 0. The van der Waals surface area contributed by atoms with E-state index in [1.54, 1.807) is 40.8 Å². The summed E-state index contributed by atoms with van der Waals surface area (Å²) >= 11 is 1.16. The van der Waals surface area contributed by atoms with Crippen LogP contribution in [0.1, 0.15) is 82.9 Å². The van der Waals surface area contributed by atoms with Crippen molar-refractivity contribution >= 4 is 41.2 Å². The molecular formula is C32H40F2N8O5S. The van der Waals surface area contributed by atoms with Crippen molar-refractivity contribution in [2.75, 3.05) is 0 Å². The molecule has 0 bridgehead atoms. The first-order valence-corrected chi connectivity index (χ1v) is 16.4. The predicted molar refractivity (Wildman–Crippen MR) is 176 cm³/mol. The van der Waals surface area contributed by atoms with E-state index in [1.165, 1.54) is 22.5 Å². The van der Waals surface area contributed by atoms with Gasteiger partial charge in [0.05, 0.1) is 23.6 Å². The highest BCUT2D eigenvalue weighted by Gasteiger charge is 2.28. The zero-order chi connectivity index (χ0) is 35.0. The highest BCUT2D eigenvalue weighted by molar-refractivity contribution is 7.13. The van der Waals surface area contributed by atoms with Crippen LogP contribution in [0, 0.1) is 17.7 Å². The standard InChI is InChI=1S/C32H40F2N8O5S/c1-18(2)26(41-31(45)47-32(3,4)5)30(44)46-17-42-15-19(13-37-42)29-39-23(16-48-29)28(43)38-22(14-36-20-9-7-6-8-10-20)25(35)27-21(33)11-12-24(34)40-27/h11-16,18,20,26H,6-10,17,35H2,1-5H3,(H,38,43)(H,41,45)/b25-22+,36-14?. The predicted octanol–water partition coefficient (Wildman–Crippen LogP) is 5.19. The highest BCUT2D eigenvalue weighted by atomic mass is 32.1. The first-order chi connectivity index (χ1) is 22.7. The number of halogens is 2. The Morgan fingerprint density at radius 3 is 2.58 bits per heavy atom. The molecule has 13 nitrogen and oxygen atoms in total. The van der Waals surface area contributed by atoms with E-state index in [0.717, 1.165) is 55.6 Å². The van der Waals surface area contributed by atoms with E-state index in [0.29, 0.717) is 10.6 Å². The number of hydrogen-bond acceptors (Lipinski definition) is 11. The molecule has 1 aliphatic rings. The van der Waals surface area contributed by atoms with Crippen molar-refractivity contribution in [3.8, 4) is 10.6 Å². The van der Waals surface area contributed by atoms with Crippen LogP contribution in [0.4, 0.5) is 13.6 Å². The fourth-order valence-corrected chi connectivity index (χ4v) is 5.48. The molecule has 2 amide bonds. The summed E-state index contributed by atoms with van der Waals surface area (Å²) in [4.78, 5) is 50.7. The largest absolute Gasteiger partial charge is 0.444 e. The number of esters is 1. The second kappa shape index (κ2) is 15.9. The number of aromatic nitrogens is 4. The molecular weight excluding hydrogens is 646 g/mol. The van der Waals surface area contributed by atoms with E-state index < -0.39 is 47.1 Å². The maximum atomic E-state index is 14.5. The Morgan fingerprint density at radius 2 is 1.90 bits per heavy atom. The smallest absolute Gasteiger partial charge is 0.408 e. The lowest BCUT2D eigenvalue weighted by Gasteiger charge is -2.24. The topological polar surface area (TPSA) is 176 Å². The summed E-state index contributed by atoms with van der Waals surface area (Å²) < 4.78 is 40.4. The molecule has 1 atom stereocenters. The number of hydrogen-bond donors (Lipinski definition) is 3. The van der Waals surface area contributed by atoms with Crippen molar-refractivity contribution in [2.45, 2.75) is 91.1 Å². The summed E-state index contributed by atoms with van der Waals surface area (Å²) in [5.41, 5.74) is 5.27. The number of nitrogens with two attached hydrogens (primary N) is 1. The maximum absolute atomic E-state index is 14.5. The Balaban J connectivity index is 1.44. The number of alkyl carbamates (subject to hydrolysis) is 1. The first-order valence-electron chi connectivity index (χ1n) is 15.5. The number of aliphatic imine (C=N–C) groups is 1. The molecule has 1 fully saturated rings. The van der Waals surface area contributed by atoms with Crippen molar-refractivity contribution < 1.29 is 32.6 Å². The number of rotatable bonds is 11. The Morgan fingerprint density at radius 1 is 1.17 bits per heavy atom. The van der Waals surface area contributed by atoms with Crippen LogP contribution in [-0.4, -0.2) is 61.6 Å². The lowest BCUT2D eigenvalue weighted by Crippen LogP contribution is -2.47. The molecule has 0 aromatic carbocycles. The van der Waals surface area contributed by atoms with Crippen LogP contribution in [0.15, 0.2) is 40.6 Å². The normalized spacial score (nSPS) is 15.2. The molecule has 3 aromatic rings. The van der Waals surface area contributed by atoms with Gasteiger partial charge in [0.15, 0.2) is 12.5 Å². The van der Waals surface area contributed by atoms with Gasteiger partial charge in [0, 0.05) is 23.4 Å². The fourth-order valence-electron chi connectivity index (χ4n) is 4.71. The molecule has 4 N–H and O–H groups in total. The van der Waals surface area contributed by atoms with Gasteiger partial charge in [-0.05, 0) is 51.7 Å². The second-order valence-corrected chi connectivity index (χ2v) is 13.4. The summed E-state index contributed by atoms with van der Waals surface area (Å²) in [5.74, 6) is -3.37. The number of nitrogens with one attached hydrogen (secondary N) is 2. The molecule has 0 saturated heterocycles. The van der Waals surface area contributed by atoms with Crippen molar-refractivity contribution in [3.63, 3.8) is 0 Å². The number of carbonyl (C=O) groups excluding carboxylic acids is 3. The van der Waals surface area contributed by atoms with E-state index in [4.69, 9.17) is 15.2 Å². The molecule has 0 radical (unpaired) electrons. The number of allylic oxidation sites excluding steroid dienone is 1. The van der Waals surface area contributed by atoms with Gasteiger partial charge in [0.2, 0.25) is 5.95 Å². The van der Waals surface area contributed by atoms with Crippen LogP contribution in [0.25, 0.3) is 16.3 Å². The lowest BCUT2D eigenvalue weighted by molar-refractivity contribution is -0.151. The zero-order valence-corrected chi connectivity index (χ0v) is 28.3. The van der Waals surface area contributed by atoms with Gasteiger partial charge in [-0.15, -0.1) is 11.3 Å². The Hall–Kier alpha value is -4.73. The molecule has 48 heavy (non-hydrogen) atoms. The van der Waals surface area contributed by atoms with E-state index in [-0.39, 0.29) is 35.8 Å². The third-order valence-electron chi connectivity index (χ3n) is 7.14. The molecule has 1 aliphatic carbocycles. The number of nitrogens with zero attached hydrogens (tertiary/aromatic N) is 5. The number of amides is 2. The van der Waals surface area contributed by atoms with Gasteiger partial charge >= 0.3 is 12.1 Å². The van der Waals surface area contributed by atoms with E-state index in [1.807, 2.05) is 0 Å². The monoisotopic (exact) mass is 686 g/mol. The first kappa shape index (κ1) is 36.1. The minimum absolute atomic E-state index is 0.0166. The average molecular weight is 687 g/mol. The van der Waals surface area contributed by atoms with Crippen molar-refractivity contribution in [1.29, 1.82) is 0 Å². The summed E-state index contributed by atoms with van der Waals surface area (Å²) in [6.07, 6.45) is 8.60. The zero-order valence-electron chi connectivity index (χ0n) is 27.5. The van der Waals surface area contributed by atoms with Gasteiger partial charge in [-0.1, -0.05) is 33.1 Å². The molecule has 258 valence electrons. The molecule has 0 aliphatic heterocycles. The number of ether oxygens (including phenoxy) is 2. The summed E-state index contributed by atoms with van der Waals surface area (Å²) in [6, 6.07) is 0.849. The van der Waals surface area contributed by atoms with Crippen molar-refractivity contribution in [3.05, 3.63) is 58.8 Å². The van der Waals surface area contributed by atoms with E-state index in [9.17, 15) is 23.2 Å². The maximum Gasteiger partial charge on any atom is 0.408 e. The Kier molecular flexibility index (Phi) is 12.0.